The second kappa shape index (κ2) is 8.01. The van der Waals surface area contributed by atoms with Gasteiger partial charge in [0.25, 0.3) is 0 Å². The fourth-order valence-corrected chi connectivity index (χ4v) is 4.50. The zero-order valence-electron chi connectivity index (χ0n) is 15.0. The van der Waals surface area contributed by atoms with Crippen LogP contribution >= 0.6 is 11.3 Å². The number of thiazole rings is 1. The molecule has 0 spiro atoms. The average Bonchev–Trinajstić information content (AvgIpc) is 3.34. The third kappa shape index (κ3) is 4.08. The first-order valence-corrected chi connectivity index (χ1v) is 10.2. The second-order valence-electron chi connectivity index (χ2n) is 6.97. The lowest BCUT2D eigenvalue weighted by molar-refractivity contribution is -0.117. The van der Waals surface area contributed by atoms with E-state index in [1.54, 1.807) is 18.2 Å². The number of para-hydroxylation sites is 1. The lowest BCUT2D eigenvalue weighted by atomic mass is 10.0. The van der Waals surface area contributed by atoms with E-state index >= 15 is 0 Å². The van der Waals surface area contributed by atoms with Crippen LogP contribution in [0.3, 0.4) is 0 Å². The molecule has 1 aliphatic carbocycles. The number of anilines is 1. The molecule has 1 N–H and O–H groups in total. The number of aromatic nitrogens is 1. The Balaban J connectivity index is 1.56. The maximum Gasteiger partial charge on any atom is 0.224 e. The summed E-state index contributed by atoms with van der Waals surface area (Å²) < 4.78 is 14.0. The van der Waals surface area contributed by atoms with Gasteiger partial charge in [0.15, 0.2) is 0 Å². The minimum Gasteiger partial charge on any atom is -0.325 e. The zero-order chi connectivity index (χ0) is 18.6. The van der Waals surface area contributed by atoms with Gasteiger partial charge in [-0.15, -0.1) is 11.3 Å². The number of benzene rings is 2. The van der Waals surface area contributed by atoms with E-state index < -0.39 is 0 Å². The number of halogens is 1. The molecule has 1 aromatic heterocycles. The van der Waals surface area contributed by atoms with Crippen LogP contribution in [0.25, 0.3) is 21.8 Å². The topological polar surface area (TPSA) is 42.0 Å². The Hall–Kier alpha value is -2.53. The van der Waals surface area contributed by atoms with E-state index in [2.05, 4.69) is 10.3 Å². The average molecular weight is 380 g/mol. The highest BCUT2D eigenvalue weighted by Gasteiger charge is 2.19. The fourth-order valence-electron chi connectivity index (χ4n) is 3.65. The van der Waals surface area contributed by atoms with E-state index in [0.717, 1.165) is 29.8 Å². The monoisotopic (exact) mass is 380 g/mol. The number of hydrogen-bond acceptors (Lipinski definition) is 3. The second-order valence-corrected chi connectivity index (χ2v) is 7.82. The first-order chi connectivity index (χ1) is 13.2. The van der Waals surface area contributed by atoms with Gasteiger partial charge in [-0.25, -0.2) is 9.37 Å². The maximum absolute atomic E-state index is 14.0. The molecule has 0 saturated heterocycles. The van der Waals surface area contributed by atoms with Gasteiger partial charge in [-0.1, -0.05) is 43.2 Å². The third-order valence-electron chi connectivity index (χ3n) is 5.03. The summed E-state index contributed by atoms with van der Waals surface area (Å²) in [5.41, 5.74) is 2.86. The summed E-state index contributed by atoms with van der Waals surface area (Å²) in [5.74, 6) is 0.277. The van der Waals surface area contributed by atoms with E-state index in [9.17, 15) is 9.18 Å². The van der Waals surface area contributed by atoms with Crippen molar-refractivity contribution in [1.82, 2.24) is 4.98 Å². The summed E-state index contributed by atoms with van der Waals surface area (Å²) in [6.07, 6.45) is 5.32. The van der Waals surface area contributed by atoms with Crippen LogP contribution in [-0.2, 0) is 4.79 Å². The third-order valence-corrected chi connectivity index (χ3v) is 5.91. The van der Waals surface area contributed by atoms with Gasteiger partial charge in [-0.05, 0) is 37.0 Å². The summed E-state index contributed by atoms with van der Waals surface area (Å²) in [4.78, 5) is 17.1. The van der Waals surface area contributed by atoms with Crippen LogP contribution in [0.2, 0.25) is 0 Å². The molecule has 4 rings (SSSR count). The summed E-state index contributed by atoms with van der Waals surface area (Å²) in [7, 11) is 0. The highest BCUT2D eigenvalue weighted by molar-refractivity contribution is 7.13. The van der Waals surface area contributed by atoms with Crippen LogP contribution in [0.15, 0.2) is 53.9 Å². The highest BCUT2D eigenvalue weighted by atomic mass is 32.1. The van der Waals surface area contributed by atoms with Gasteiger partial charge in [0.1, 0.15) is 10.8 Å². The maximum atomic E-state index is 14.0. The molecule has 27 heavy (non-hydrogen) atoms. The van der Waals surface area contributed by atoms with Crippen molar-refractivity contribution >= 4 is 22.9 Å². The number of carbonyl (C=O) groups is 1. The van der Waals surface area contributed by atoms with Gasteiger partial charge < -0.3 is 5.32 Å². The minimum absolute atomic E-state index is 0.0545. The molecular weight excluding hydrogens is 359 g/mol. The number of hydrogen-bond donors (Lipinski definition) is 1. The number of amides is 1. The Morgan fingerprint density at radius 3 is 2.56 bits per heavy atom. The van der Waals surface area contributed by atoms with E-state index in [0.29, 0.717) is 22.9 Å². The summed E-state index contributed by atoms with van der Waals surface area (Å²) >= 11 is 1.40. The van der Waals surface area contributed by atoms with Crippen molar-refractivity contribution in [3.63, 3.8) is 0 Å². The highest BCUT2D eigenvalue weighted by Crippen LogP contribution is 2.34. The first kappa shape index (κ1) is 17.9. The minimum atomic E-state index is -0.281. The molecule has 3 nitrogen and oxygen atoms in total. The van der Waals surface area contributed by atoms with Crippen LogP contribution in [0, 0.1) is 11.7 Å². The van der Waals surface area contributed by atoms with Crippen LogP contribution in [0.1, 0.15) is 32.1 Å². The zero-order valence-corrected chi connectivity index (χ0v) is 15.8. The Morgan fingerprint density at radius 1 is 1.07 bits per heavy atom. The van der Waals surface area contributed by atoms with Gasteiger partial charge in [0, 0.05) is 22.9 Å². The van der Waals surface area contributed by atoms with Gasteiger partial charge in [0.2, 0.25) is 5.91 Å². The summed E-state index contributed by atoms with van der Waals surface area (Å²) in [6, 6.07) is 14.3. The number of nitrogens with zero attached hydrogens (tertiary/aromatic N) is 1. The number of nitrogens with one attached hydrogen (secondary N) is 1. The molecule has 2 aromatic carbocycles. The molecule has 1 amide bonds. The summed E-state index contributed by atoms with van der Waals surface area (Å²) in [5, 5.41) is 5.59. The molecule has 0 unspecified atom stereocenters. The van der Waals surface area contributed by atoms with Crippen molar-refractivity contribution in [2.75, 3.05) is 5.32 Å². The quantitative estimate of drug-likeness (QED) is 0.578. The molecule has 1 fully saturated rings. The van der Waals surface area contributed by atoms with Crippen molar-refractivity contribution in [2.45, 2.75) is 32.1 Å². The molecule has 0 radical (unpaired) electrons. The van der Waals surface area contributed by atoms with Gasteiger partial charge in [0.05, 0.1) is 11.4 Å². The molecule has 0 bridgehead atoms. The van der Waals surface area contributed by atoms with E-state index in [4.69, 9.17) is 0 Å². The van der Waals surface area contributed by atoms with Crippen LogP contribution in [-0.4, -0.2) is 10.9 Å². The molecule has 1 saturated carbocycles. The van der Waals surface area contributed by atoms with Crippen molar-refractivity contribution in [3.8, 4) is 21.8 Å². The van der Waals surface area contributed by atoms with E-state index in [1.807, 2.05) is 29.6 Å². The Morgan fingerprint density at radius 2 is 1.78 bits per heavy atom. The molecule has 3 aromatic rings. The first-order valence-electron chi connectivity index (χ1n) is 9.30. The van der Waals surface area contributed by atoms with Crippen LogP contribution in [0.4, 0.5) is 10.1 Å². The van der Waals surface area contributed by atoms with Crippen LogP contribution in [0.5, 0.6) is 0 Å². The molecule has 0 atom stereocenters. The van der Waals surface area contributed by atoms with Crippen molar-refractivity contribution in [1.29, 1.82) is 0 Å². The lowest BCUT2D eigenvalue weighted by Gasteiger charge is -2.12. The van der Waals surface area contributed by atoms with Crippen LogP contribution < -0.4 is 5.32 Å². The normalized spacial score (nSPS) is 14.4. The van der Waals surface area contributed by atoms with Crippen molar-refractivity contribution in [3.05, 3.63) is 59.7 Å². The van der Waals surface area contributed by atoms with Gasteiger partial charge in [-0.3, -0.25) is 4.79 Å². The largest absolute Gasteiger partial charge is 0.325 e. The fraction of sp³-hybridized carbons (Fsp3) is 0.273. The Bertz CT molecular complexity index is 947. The van der Waals surface area contributed by atoms with Gasteiger partial charge in [-0.2, -0.15) is 0 Å². The van der Waals surface area contributed by atoms with Gasteiger partial charge >= 0.3 is 0 Å². The molecule has 0 aliphatic heterocycles. The molecule has 1 heterocycles. The lowest BCUT2D eigenvalue weighted by Crippen LogP contribution is -2.15. The SMILES string of the molecule is O=C(CC1CCCC1)Nc1ccccc1-c1csc(-c2ccccc2F)n1. The molecule has 138 valence electrons. The van der Waals surface area contributed by atoms with Crippen molar-refractivity contribution in [2.24, 2.45) is 5.92 Å². The van der Waals surface area contributed by atoms with Crippen molar-refractivity contribution < 1.29 is 9.18 Å². The van der Waals surface area contributed by atoms with E-state index in [-0.39, 0.29) is 11.7 Å². The molecule has 5 heteroatoms. The summed E-state index contributed by atoms with van der Waals surface area (Å²) in [6.45, 7) is 0. The number of rotatable bonds is 5. The molecular formula is C22H21FN2OS. The predicted octanol–water partition coefficient (Wildman–Crippen LogP) is 6.14. The van der Waals surface area contributed by atoms with E-state index in [1.165, 1.54) is 30.2 Å². The standard InChI is InChI=1S/C22H21FN2OS/c23-18-11-5-3-9-16(18)22-25-20(14-27-22)17-10-4-6-12-19(17)24-21(26)13-15-7-1-2-8-15/h3-6,9-12,14-15H,1-2,7-8,13H2,(H,24,26). The Labute approximate surface area is 162 Å². The number of carbonyl (C=O) groups excluding carboxylic acids is 1. The Kier molecular flexibility index (Phi) is 5.30. The molecule has 1 aliphatic rings. The predicted molar refractivity (Wildman–Crippen MR) is 108 cm³/mol. The smallest absolute Gasteiger partial charge is 0.224 e.